The van der Waals surface area contributed by atoms with Gasteiger partial charge >= 0.3 is 6.04 Å². The molecule has 0 saturated carbocycles. The Balaban J connectivity index is 1.99. The number of ether oxygens (including phenoxy) is 5. The van der Waals surface area contributed by atoms with Gasteiger partial charge < -0.3 is 75.8 Å². The van der Waals surface area contributed by atoms with Crippen molar-refractivity contribution in [2.75, 3.05) is 13.2 Å². The smallest absolute Gasteiger partial charge is 0.318 e. The summed E-state index contributed by atoms with van der Waals surface area (Å²) in [6.45, 7) is 2.01. The third kappa shape index (κ3) is 9.56. The predicted octanol–water partition coefficient (Wildman–Crippen LogP) is -6.92. The minimum atomic E-state index is -2.04. The summed E-state index contributed by atoms with van der Waals surface area (Å²) in [4.78, 5) is 47.2. The highest BCUT2D eigenvalue weighted by Gasteiger charge is 2.53. The normalized spacial score (nSPS) is 41.5. The first kappa shape index (κ1) is 38.9. The summed E-state index contributed by atoms with van der Waals surface area (Å²) in [6, 6.07) is -7.00. The molecule has 0 spiro atoms. The van der Waals surface area contributed by atoms with Gasteiger partial charge in [-0.2, -0.15) is 4.39 Å². The number of nitrogens with one attached hydrogen (secondary N) is 3. The Morgan fingerprint density at radius 2 is 1.43 bits per heavy atom. The van der Waals surface area contributed by atoms with Crippen molar-refractivity contribution in [1.29, 1.82) is 0 Å². The van der Waals surface area contributed by atoms with Crippen LogP contribution in [-0.4, -0.2) is 171 Å². The third-order valence-corrected chi connectivity index (χ3v) is 7.91. The van der Waals surface area contributed by atoms with Gasteiger partial charge in [0, 0.05) is 13.8 Å². The number of rotatable bonds is 13. The first-order valence-electron chi connectivity index (χ1n) is 14.7. The van der Waals surface area contributed by atoms with Crippen LogP contribution in [0.15, 0.2) is 0 Å². The molecular weight excluding hydrogens is 643 g/mol. The average molecular weight is 687 g/mol. The molecule has 3 aliphatic rings. The van der Waals surface area contributed by atoms with Gasteiger partial charge in [-0.3, -0.25) is 24.5 Å². The molecule has 12 N–H and O–H groups in total. The number of amides is 3. The number of hydrogen-bond donors (Lipinski definition) is 11. The molecule has 0 aromatic rings. The lowest BCUT2D eigenvalue weighted by Gasteiger charge is -2.49. The van der Waals surface area contributed by atoms with E-state index in [1.54, 1.807) is 0 Å². The van der Waals surface area contributed by atoms with Crippen molar-refractivity contribution in [3.05, 3.63) is 0 Å². The quantitative estimate of drug-likeness (QED) is 0.0802. The van der Waals surface area contributed by atoms with Crippen LogP contribution in [0.1, 0.15) is 27.2 Å². The number of carbonyl (C=O) groups is 4. The molecule has 3 fully saturated rings. The van der Waals surface area contributed by atoms with Gasteiger partial charge in [-0.1, -0.05) is 0 Å². The number of nitrogens with two attached hydrogens (primary N) is 1. The van der Waals surface area contributed by atoms with Gasteiger partial charge in [-0.05, 0) is 6.92 Å². The van der Waals surface area contributed by atoms with E-state index in [1.807, 2.05) is 0 Å². The molecule has 3 amide bonds. The largest absolute Gasteiger partial charge is 0.394 e. The highest BCUT2D eigenvalue weighted by atomic mass is 19.1. The first-order chi connectivity index (χ1) is 22.0. The van der Waals surface area contributed by atoms with E-state index in [0.29, 0.717) is 0 Å². The fraction of sp³-hybridized carbons (Fsp3) is 0.846. The highest BCUT2D eigenvalue weighted by molar-refractivity contribution is 5.83. The summed E-state index contributed by atoms with van der Waals surface area (Å²) < 4.78 is 42.4. The summed E-state index contributed by atoms with van der Waals surface area (Å²) in [6.07, 6.45) is -21.8. The number of aliphatic hydroxyl groups excluding tert-OH is 7. The maximum atomic E-state index is 13.9. The topological polar surface area (TPSA) is 318 Å². The van der Waals surface area contributed by atoms with Crippen LogP contribution in [0.4, 0.5) is 4.39 Å². The molecule has 0 radical (unpaired) electrons. The summed E-state index contributed by atoms with van der Waals surface area (Å²) in [5, 5.41) is 80.0. The van der Waals surface area contributed by atoms with E-state index in [2.05, 4.69) is 16.0 Å². The zero-order valence-electron chi connectivity index (χ0n) is 25.6. The molecule has 20 nitrogen and oxygen atoms in total. The van der Waals surface area contributed by atoms with E-state index >= 15 is 0 Å². The van der Waals surface area contributed by atoms with Crippen molar-refractivity contribution in [3.8, 4) is 0 Å². The first-order valence-corrected chi connectivity index (χ1v) is 14.7. The van der Waals surface area contributed by atoms with Gasteiger partial charge in [0.05, 0.1) is 31.8 Å². The van der Waals surface area contributed by atoms with Crippen LogP contribution < -0.4 is 21.7 Å². The minimum Gasteiger partial charge on any atom is -0.394 e. The summed E-state index contributed by atoms with van der Waals surface area (Å²) >= 11 is 0. The zero-order chi connectivity index (χ0) is 35.3. The van der Waals surface area contributed by atoms with Crippen molar-refractivity contribution in [1.82, 2.24) is 16.0 Å². The number of aliphatic hydroxyl groups is 7. The maximum absolute atomic E-state index is 13.9. The molecule has 0 aliphatic carbocycles. The third-order valence-electron chi connectivity index (χ3n) is 7.91. The molecule has 0 aromatic carbocycles. The molecular formula is C26H43FN4O16. The highest BCUT2D eigenvalue weighted by Crippen LogP contribution is 2.31. The molecule has 47 heavy (non-hydrogen) atoms. The van der Waals surface area contributed by atoms with Crippen LogP contribution in [0.3, 0.4) is 0 Å². The van der Waals surface area contributed by atoms with Crippen molar-refractivity contribution in [2.24, 2.45) is 5.73 Å². The van der Waals surface area contributed by atoms with Gasteiger partial charge in [0.15, 0.2) is 12.6 Å². The Bertz CT molecular complexity index is 1110. The second-order valence-corrected chi connectivity index (χ2v) is 11.6. The van der Waals surface area contributed by atoms with E-state index in [-0.39, 0.29) is 0 Å². The van der Waals surface area contributed by atoms with Crippen LogP contribution in [0.5, 0.6) is 0 Å². The number of hydrogen-bond acceptors (Lipinski definition) is 17. The van der Waals surface area contributed by atoms with E-state index in [4.69, 9.17) is 29.4 Å². The summed E-state index contributed by atoms with van der Waals surface area (Å²) in [5.74, 6) is -2.53. The number of halogens is 1. The Hall–Kier alpha value is -2.51. The Morgan fingerprint density at radius 3 is 1.98 bits per heavy atom. The van der Waals surface area contributed by atoms with E-state index in [9.17, 15) is 59.3 Å². The summed E-state index contributed by atoms with van der Waals surface area (Å²) in [7, 11) is 0. The zero-order valence-corrected chi connectivity index (χ0v) is 25.6. The van der Waals surface area contributed by atoms with Crippen LogP contribution in [0.25, 0.3) is 0 Å². The lowest BCUT2D eigenvalue weighted by Crippen LogP contribution is -2.71. The van der Waals surface area contributed by atoms with Gasteiger partial charge in [-0.15, -0.1) is 0 Å². The molecule has 21 heteroatoms. The van der Waals surface area contributed by atoms with Crippen molar-refractivity contribution in [2.45, 2.75) is 125 Å². The molecule has 0 aromatic heterocycles. The van der Waals surface area contributed by atoms with Gasteiger partial charge in [0.25, 0.3) is 0 Å². The predicted molar refractivity (Wildman–Crippen MR) is 148 cm³/mol. The minimum absolute atomic E-state index is 0.694. The molecule has 16 atom stereocenters. The fourth-order valence-electron chi connectivity index (χ4n) is 5.48. The van der Waals surface area contributed by atoms with Crippen LogP contribution in [0, 0.1) is 0 Å². The lowest BCUT2D eigenvalue weighted by molar-refractivity contribution is -0.330. The standard InChI is InChI=1S/C26H43FN4O16/c1-7-16(36)20(40)21(41)26(44-7)43-6-12-22(47-25-15(30-9(3)34)18(38)17(37)11(5-32)46-25)19(39)14(29-8(2)33)24(45-12)31-10(23(27)42)4-13(28)35/h7,10-12,14-22,24-26,31-32,36-41H,4-6H2,1-3H3,(H2,28,35)(H,29,33)(H,30,34)/t7?,10-,11?,12?,14?,15?,16?,17+,18+,19+,20-,21?,22+,24-,25-,26+/m0/s1. The van der Waals surface area contributed by atoms with E-state index in [0.717, 1.165) is 13.8 Å². The van der Waals surface area contributed by atoms with Crippen molar-refractivity contribution in [3.63, 3.8) is 0 Å². The monoisotopic (exact) mass is 686 g/mol. The molecule has 7 unspecified atom stereocenters. The van der Waals surface area contributed by atoms with Gasteiger partial charge in [0.1, 0.15) is 73.2 Å². The van der Waals surface area contributed by atoms with Crippen molar-refractivity contribution >= 4 is 23.8 Å². The van der Waals surface area contributed by atoms with Gasteiger partial charge in [-0.25, -0.2) is 0 Å². The molecule has 3 heterocycles. The van der Waals surface area contributed by atoms with Crippen LogP contribution >= 0.6 is 0 Å². The van der Waals surface area contributed by atoms with E-state index in [1.165, 1.54) is 6.92 Å². The van der Waals surface area contributed by atoms with Crippen LogP contribution in [-0.2, 0) is 42.9 Å². The Kier molecular flexibility index (Phi) is 13.9. The average Bonchev–Trinajstić information content (AvgIpc) is 2.99. The lowest BCUT2D eigenvalue weighted by atomic mass is 9.93. The van der Waals surface area contributed by atoms with Crippen LogP contribution in [0.2, 0.25) is 0 Å². The fourth-order valence-corrected chi connectivity index (χ4v) is 5.48. The van der Waals surface area contributed by atoms with E-state index < -0.39 is 141 Å². The number of carbonyl (C=O) groups excluding carboxylic acids is 4. The molecule has 270 valence electrons. The summed E-state index contributed by atoms with van der Waals surface area (Å²) in [5.41, 5.74) is 5.13. The SMILES string of the molecule is CC(=O)NC1[C@H](O[C@@H]2C(CO[C@@H]3OC(C)C(O)[C@H](O)C3O)O[C@H](N[C@@H](CC(N)=O)C(=O)F)C(NC(C)=O)[C@H]2O)OC(CO)[C@@H](O)[C@@H]1O. The molecule has 3 saturated heterocycles. The van der Waals surface area contributed by atoms with Gasteiger partial charge in [0.2, 0.25) is 17.7 Å². The second-order valence-electron chi connectivity index (χ2n) is 11.6. The second kappa shape index (κ2) is 16.7. The van der Waals surface area contributed by atoms with Crippen molar-refractivity contribution < 1.29 is 83.0 Å². The molecule has 0 bridgehead atoms. The molecule has 3 aliphatic heterocycles. The maximum Gasteiger partial charge on any atom is 0.318 e. The Morgan fingerprint density at radius 1 is 0.809 bits per heavy atom. The molecule has 3 rings (SSSR count). The number of primary amides is 1. The Labute approximate surface area is 267 Å².